The number of amides is 1. The van der Waals surface area contributed by atoms with Gasteiger partial charge in [0.05, 0.1) is 10.5 Å². The normalized spacial score (nSPS) is 15.5. The van der Waals surface area contributed by atoms with Gasteiger partial charge in [-0.3, -0.25) is 14.9 Å². The molecular formula is C15H21N3O3. The minimum Gasteiger partial charge on any atom is -0.387 e. The number of benzene rings is 1. The summed E-state index contributed by atoms with van der Waals surface area (Å²) in [6.45, 7) is 0.644. The largest absolute Gasteiger partial charge is 0.387 e. The quantitative estimate of drug-likeness (QED) is 0.645. The smallest absolute Gasteiger partial charge is 0.270 e. The van der Waals surface area contributed by atoms with E-state index >= 15 is 0 Å². The molecule has 0 radical (unpaired) electrons. The molecule has 0 atom stereocenters. The molecule has 1 aliphatic carbocycles. The van der Waals surface area contributed by atoms with Crippen molar-refractivity contribution in [1.82, 2.24) is 5.32 Å². The lowest BCUT2D eigenvalue weighted by atomic mass is 9.89. The Hall–Kier alpha value is -2.11. The molecule has 0 aliphatic heterocycles. The van der Waals surface area contributed by atoms with Gasteiger partial charge in [0.25, 0.3) is 11.6 Å². The third kappa shape index (κ3) is 3.93. The molecule has 0 heterocycles. The van der Waals surface area contributed by atoms with Crippen molar-refractivity contribution in [1.29, 1.82) is 0 Å². The van der Waals surface area contributed by atoms with Crippen molar-refractivity contribution in [3.8, 4) is 0 Å². The molecule has 2 N–H and O–H groups in total. The highest BCUT2D eigenvalue weighted by Crippen LogP contribution is 2.24. The fourth-order valence-corrected chi connectivity index (χ4v) is 2.78. The third-order valence-electron chi connectivity index (χ3n) is 4.00. The monoisotopic (exact) mass is 291 g/mol. The topological polar surface area (TPSA) is 84.3 Å². The molecule has 0 unspecified atom stereocenters. The molecule has 0 saturated heterocycles. The summed E-state index contributed by atoms with van der Waals surface area (Å²) >= 11 is 0. The van der Waals surface area contributed by atoms with E-state index in [-0.39, 0.29) is 11.6 Å². The number of nitrogens with zero attached hydrogens (tertiary/aromatic N) is 1. The minimum absolute atomic E-state index is 0.0724. The van der Waals surface area contributed by atoms with Crippen molar-refractivity contribution < 1.29 is 9.72 Å². The first-order valence-electron chi connectivity index (χ1n) is 7.36. The zero-order valence-electron chi connectivity index (χ0n) is 12.2. The van der Waals surface area contributed by atoms with Gasteiger partial charge in [0.15, 0.2) is 0 Å². The number of hydrogen-bond donors (Lipinski definition) is 2. The molecule has 1 aliphatic rings. The van der Waals surface area contributed by atoms with Gasteiger partial charge in [-0.1, -0.05) is 19.3 Å². The van der Waals surface area contributed by atoms with E-state index in [2.05, 4.69) is 10.6 Å². The molecule has 0 aromatic heterocycles. The van der Waals surface area contributed by atoms with Crippen molar-refractivity contribution in [2.75, 3.05) is 18.9 Å². The van der Waals surface area contributed by atoms with Crippen LogP contribution in [-0.2, 0) is 0 Å². The number of hydrogen-bond acceptors (Lipinski definition) is 4. The Labute approximate surface area is 124 Å². The van der Waals surface area contributed by atoms with Crippen molar-refractivity contribution in [2.24, 2.45) is 5.92 Å². The Bertz CT molecular complexity index is 525. The molecule has 1 fully saturated rings. The average molecular weight is 291 g/mol. The second kappa shape index (κ2) is 7.06. The summed E-state index contributed by atoms with van der Waals surface area (Å²) in [6.07, 6.45) is 6.01. The summed E-state index contributed by atoms with van der Waals surface area (Å²) < 4.78 is 0. The Kier molecular flexibility index (Phi) is 5.14. The predicted octanol–water partition coefficient (Wildman–Crippen LogP) is 2.95. The van der Waals surface area contributed by atoms with Gasteiger partial charge in [0.2, 0.25) is 0 Å². The molecule has 21 heavy (non-hydrogen) atoms. The molecular weight excluding hydrogens is 270 g/mol. The second-order valence-electron chi connectivity index (χ2n) is 5.45. The van der Waals surface area contributed by atoms with E-state index in [0.29, 0.717) is 23.7 Å². The molecule has 1 amide bonds. The predicted molar refractivity (Wildman–Crippen MR) is 81.6 cm³/mol. The Morgan fingerprint density at radius 1 is 1.33 bits per heavy atom. The lowest BCUT2D eigenvalue weighted by molar-refractivity contribution is -0.384. The van der Waals surface area contributed by atoms with Gasteiger partial charge < -0.3 is 10.6 Å². The number of carbonyl (C=O) groups is 1. The first-order chi connectivity index (χ1) is 10.1. The zero-order valence-corrected chi connectivity index (χ0v) is 12.2. The number of nitrogens with one attached hydrogen (secondary N) is 2. The summed E-state index contributed by atoms with van der Waals surface area (Å²) in [5, 5.41) is 16.6. The van der Waals surface area contributed by atoms with E-state index in [0.717, 1.165) is 12.8 Å². The zero-order chi connectivity index (χ0) is 15.2. The highest BCUT2D eigenvalue weighted by atomic mass is 16.6. The van der Waals surface area contributed by atoms with Gasteiger partial charge in [-0.05, 0) is 24.8 Å². The van der Waals surface area contributed by atoms with E-state index in [1.807, 2.05) is 0 Å². The third-order valence-corrected chi connectivity index (χ3v) is 4.00. The van der Waals surface area contributed by atoms with Crippen LogP contribution in [0.25, 0.3) is 0 Å². The standard InChI is InChI=1S/C15H21N3O3/c1-16-14-8-7-12(18(20)21)9-13(14)15(19)17-10-11-5-3-2-4-6-11/h7-9,11,16H,2-6,10H2,1H3,(H,17,19). The van der Waals surface area contributed by atoms with Gasteiger partial charge in [-0.15, -0.1) is 0 Å². The maximum atomic E-state index is 12.3. The first kappa shape index (κ1) is 15.3. The van der Waals surface area contributed by atoms with E-state index < -0.39 is 4.92 Å². The van der Waals surface area contributed by atoms with Gasteiger partial charge in [-0.2, -0.15) is 0 Å². The van der Waals surface area contributed by atoms with E-state index in [9.17, 15) is 14.9 Å². The van der Waals surface area contributed by atoms with E-state index in [1.54, 1.807) is 13.1 Å². The van der Waals surface area contributed by atoms with E-state index in [4.69, 9.17) is 0 Å². The number of nitro benzene ring substituents is 1. The second-order valence-corrected chi connectivity index (χ2v) is 5.45. The van der Waals surface area contributed by atoms with Crippen LogP contribution in [0.5, 0.6) is 0 Å². The number of carbonyl (C=O) groups excluding carboxylic acids is 1. The number of nitro groups is 1. The van der Waals surface area contributed by atoms with Gasteiger partial charge in [0.1, 0.15) is 0 Å². The fourth-order valence-electron chi connectivity index (χ4n) is 2.78. The van der Waals surface area contributed by atoms with Gasteiger partial charge in [-0.25, -0.2) is 0 Å². The van der Waals surface area contributed by atoms with Crippen LogP contribution in [0.3, 0.4) is 0 Å². The van der Waals surface area contributed by atoms with Gasteiger partial charge in [0, 0.05) is 31.4 Å². The van der Waals surface area contributed by atoms with E-state index in [1.165, 1.54) is 31.4 Å². The van der Waals surface area contributed by atoms with Crippen LogP contribution in [-0.4, -0.2) is 24.4 Å². The number of anilines is 1. The maximum absolute atomic E-state index is 12.3. The molecule has 6 nitrogen and oxygen atoms in total. The van der Waals surface area contributed by atoms with Crippen molar-refractivity contribution in [2.45, 2.75) is 32.1 Å². The van der Waals surface area contributed by atoms with Crippen molar-refractivity contribution in [3.05, 3.63) is 33.9 Å². The molecule has 1 saturated carbocycles. The average Bonchev–Trinajstić information content (AvgIpc) is 2.52. The summed E-state index contributed by atoms with van der Waals surface area (Å²) in [6, 6.07) is 4.28. The highest BCUT2D eigenvalue weighted by Gasteiger charge is 2.18. The lowest BCUT2D eigenvalue weighted by Gasteiger charge is -2.22. The van der Waals surface area contributed by atoms with Crippen LogP contribution >= 0.6 is 0 Å². The van der Waals surface area contributed by atoms with Crippen LogP contribution in [0, 0.1) is 16.0 Å². The number of non-ortho nitro benzene ring substituents is 1. The lowest BCUT2D eigenvalue weighted by Crippen LogP contribution is -2.30. The summed E-state index contributed by atoms with van der Waals surface area (Å²) in [5.41, 5.74) is 0.848. The molecule has 6 heteroatoms. The summed E-state index contributed by atoms with van der Waals surface area (Å²) in [4.78, 5) is 22.6. The van der Waals surface area contributed by atoms with Crippen molar-refractivity contribution >= 4 is 17.3 Å². The van der Waals surface area contributed by atoms with Crippen LogP contribution in [0.1, 0.15) is 42.5 Å². The first-order valence-corrected chi connectivity index (χ1v) is 7.36. The molecule has 0 spiro atoms. The van der Waals surface area contributed by atoms with Crippen LogP contribution in [0.4, 0.5) is 11.4 Å². The van der Waals surface area contributed by atoms with Crippen LogP contribution < -0.4 is 10.6 Å². The Morgan fingerprint density at radius 2 is 2.05 bits per heavy atom. The summed E-state index contributed by atoms with van der Waals surface area (Å²) in [5.74, 6) is 0.271. The molecule has 1 aromatic rings. The summed E-state index contributed by atoms with van der Waals surface area (Å²) in [7, 11) is 1.69. The Balaban J connectivity index is 2.06. The fraction of sp³-hybridized carbons (Fsp3) is 0.533. The molecule has 0 bridgehead atoms. The maximum Gasteiger partial charge on any atom is 0.270 e. The number of rotatable bonds is 5. The minimum atomic E-state index is -0.489. The molecule has 114 valence electrons. The Morgan fingerprint density at radius 3 is 2.67 bits per heavy atom. The van der Waals surface area contributed by atoms with Crippen LogP contribution in [0.15, 0.2) is 18.2 Å². The van der Waals surface area contributed by atoms with Crippen LogP contribution in [0.2, 0.25) is 0 Å². The van der Waals surface area contributed by atoms with Gasteiger partial charge >= 0.3 is 0 Å². The SMILES string of the molecule is CNc1ccc([N+](=O)[O-])cc1C(=O)NCC1CCCCC1. The molecule has 2 rings (SSSR count). The molecule has 1 aromatic carbocycles. The highest BCUT2D eigenvalue weighted by molar-refractivity contribution is 6.00. The van der Waals surface area contributed by atoms with Crippen molar-refractivity contribution in [3.63, 3.8) is 0 Å².